The summed E-state index contributed by atoms with van der Waals surface area (Å²) in [6.07, 6.45) is 0. The quantitative estimate of drug-likeness (QED) is 0.517. The summed E-state index contributed by atoms with van der Waals surface area (Å²) >= 11 is 6.07. The van der Waals surface area contributed by atoms with E-state index in [-0.39, 0.29) is 11.7 Å². The third kappa shape index (κ3) is 3.36. The fourth-order valence-corrected chi connectivity index (χ4v) is 3.18. The van der Waals surface area contributed by atoms with Gasteiger partial charge in [-0.3, -0.25) is 9.59 Å². The van der Waals surface area contributed by atoms with Crippen LogP contribution in [0, 0.1) is 13.8 Å². The SMILES string of the molecule is CC(=O)Nc1ccc(C(=O)c2c(N=C=S)sc(C)c2C)cc1. The lowest BCUT2D eigenvalue weighted by atomic mass is 10.0. The summed E-state index contributed by atoms with van der Waals surface area (Å²) in [5.41, 5.74) is 2.66. The molecule has 0 aliphatic rings. The monoisotopic (exact) mass is 330 g/mol. The number of anilines is 1. The second-order valence-electron chi connectivity index (χ2n) is 4.75. The minimum Gasteiger partial charge on any atom is -0.326 e. The summed E-state index contributed by atoms with van der Waals surface area (Å²) in [7, 11) is 0. The summed E-state index contributed by atoms with van der Waals surface area (Å²) in [6, 6.07) is 6.77. The van der Waals surface area contributed by atoms with Crippen LogP contribution in [0.3, 0.4) is 0 Å². The van der Waals surface area contributed by atoms with E-state index < -0.39 is 0 Å². The van der Waals surface area contributed by atoms with Crippen molar-refractivity contribution < 1.29 is 9.59 Å². The van der Waals surface area contributed by atoms with E-state index in [0.29, 0.717) is 21.8 Å². The Bertz CT molecular complexity index is 785. The molecular weight excluding hydrogens is 316 g/mol. The van der Waals surface area contributed by atoms with Gasteiger partial charge < -0.3 is 5.32 Å². The number of thiophene rings is 1. The van der Waals surface area contributed by atoms with Gasteiger partial charge in [0.1, 0.15) is 5.00 Å². The largest absolute Gasteiger partial charge is 0.326 e. The van der Waals surface area contributed by atoms with E-state index in [1.54, 1.807) is 24.3 Å². The van der Waals surface area contributed by atoms with Gasteiger partial charge in [0, 0.05) is 23.1 Å². The Morgan fingerprint density at radius 1 is 1.23 bits per heavy atom. The Hall–Kier alpha value is -2.14. The number of benzene rings is 1. The van der Waals surface area contributed by atoms with Gasteiger partial charge in [-0.15, -0.1) is 11.3 Å². The normalized spacial score (nSPS) is 9.95. The van der Waals surface area contributed by atoms with E-state index in [2.05, 4.69) is 27.7 Å². The Morgan fingerprint density at radius 2 is 1.86 bits per heavy atom. The number of aryl methyl sites for hydroxylation is 1. The first-order chi connectivity index (χ1) is 10.4. The van der Waals surface area contributed by atoms with Gasteiger partial charge >= 0.3 is 0 Å². The topological polar surface area (TPSA) is 58.5 Å². The zero-order chi connectivity index (χ0) is 16.3. The molecule has 0 spiro atoms. The maximum Gasteiger partial charge on any atom is 0.221 e. The predicted octanol–water partition coefficient (Wildman–Crippen LogP) is 4.29. The highest BCUT2D eigenvalue weighted by Gasteiger charge is 2.20. The lowest BCUT2D eigenvalue weighted by Gasteiger charge is -2.05. The number of ketones is 1. The minimum atomic E-state index is -0.152. The molecule has 1 aromatic carbocycles. The van der Waals surface area contributed by atoms with Crippen molar-refractivity contribution in [3.8, 4) is 0 Å². The highest BCUT2D eigenvalue weighted by Crippen LogP contribution is 2.36. The van der Waals surface area contributed by atoms with Crippen LogP contribution in [-0.4, -0.2) is 16.9 Å². The number of carbonyl (C=O) groups is 2. The highest BCUT2D eigenvalue weighted by atomic mass is 32.1. The second-order valence-corrected chi connectivity index (χ2v) is 6.14. The summed E-state index contributed by atoms with van der Waals surface area (Å²) in [5.74, 6) is -0.263. The van der Waals surface area contributed by atoms with Gasteiger partial charge in [0.2, 0.25) is 5.91 Å². The van der Waals surface area contributed by atoms with Gasteiger partial charge in [0.25, 0.3) is 0 Å². The average Bonchev–Trinajstić information content (AvgIpc) is 2.74. The summed E-state index contributed by atoms with van der Waals surface area (Å²) in [5, 5.41) is 5.57. The van der Waals surface area contributed by atoms with E-state index in [4.69, 9.17) is 0 Å². The van der Waals surface area contributed by atoms with Crippen molar-refractivity contribution in [3.63, 3.8) is 0 Å². The maximum atomic E-state index is 12.7. The molecule has 0 saturated heterocycles. The average molecular weight is 330 g/mol. The van der Waals surface area contributed by atoms with Gasteiger partial charge in [-0.2, -0.15) is 4.99 Å². The van der Waals surface area contributed by atoms with Crippen LogP contribution >= 0.6 is 23.6 Å². The fourth-order valence-electron chi connectivity index (χ4n) is 2.05. The van der Waals surface area contributed by atoms with Crippen LogP contribution in [0.1, 0.15) is 33.3 Å². The number of rotatable bonds is 4. The maximum absolute atomic E-state index is 12.7. The molecule has 1 heterocycles. The first-order valence-electron chi connectivity index (χ1n) is 6.54. The Labute approximate surface area is 137 Å². The number of hydrogen-bond acceptors (Lipinski definition) is 5. The van der Waals surface area contributed by atoms with Crippen LogP contribution in [-0.2, 0) is 4.79 Å². The van der Waals surface area contributed by atoms with Crippen molar-refractivity contribution in [2.24, 2.45) is 4.99 Å². The van der Waals surface area contributed by atoms with Crippen molar-refractivity contribution in [2.45, 2.75) is 20.8 Å². The van der Waals surface area contributed by atoms with Gasteiger partial charge in [0.15, 0.2) is 5.78 Å². The van der Waals surface area contributed by atoms with E-state index in [9.17, 15) is 9.59 Å². The molecule has 1 amide bonds. The standard InChI is InChI=1S/C16H14N2O2S2/c1-9-10(2)22-16(17-8-21)14(9)15(20)12-4-6-13(7-5-12)18-11(3)19/h4-7H,1-3H3,(H,18,19). The van der Waals surface area contributed by atoms with E-state index in [0.717, 1.165) is 10.4 Å². The number of amides is 1. The Morgan fingerprint density at radius 3 is 2.41 bits per heavy atom. The fraction of sp³-hybridized carbons (Fsp3) is 0.188. The predicted molar refractivity (Wildman–Crippen MR) is 92.7 cm³/mol. The number of hydrogen-bond donors (Lipinski definition) is 1. The molecule has 6 heteroatoms. The number of nitrogens with one attached hydrogen (secondary N) is 1. The van der Waals surface area contributed by atoms with Crippen molar-refractivity contribution in [1.82, 2.24) is 0 Å². The zero-order valence-corrected chi connectivity index (χ0v) is 14.0. The molecule has 0 aliphatic heterocycles. The third-order valence-corrected chi connectivity index (χ3v) is 4.40. The summed E-state index contributed by atoms with van der Waals surface area (Å²) in [4.78, 5) is 28.7. The van der Waals surface area contributed by atoms with Crippen LogP contribution in [0.25, 0.3) is 0 Å². The molecule has 2 aromatic rings. The molecule has 0 unspecified atom stereocenters. The molecule has 1 aromatic heterocycles. The zero-order valence-electron chi connectivity index (χ0n) is 12.4. The smallest absolute Gasteiger partial charge is 0.221 e. The van der Waals surface area contributed by atoms with Crippen molar-refractivity contribution in [2.75, 3.05) is 5.32 Å². The van der Waals surface area contributed by atoms with Crippen LogP contribution in [0.2, 0.25) is 0 Å². The number of carbonyl (C=O) groups excluding carboxylic acids is 2. The third-order valence-electron chi connectivity index (χ3n) is 3.21. The Balaban J connectivity index is 2.40. The molecule has 2 rings (SSSR count). The number of thiocarbonyl (C=S) groups is 1. The number of aliphatic imine (C=N–C) groups is 1. The summed E-state index contributed by atoms with van der Waals surface area (Å²) < 4.78 is 0. The lowest BCUT2D eigenvalue weighted by Crippen LogP contribution is -2.06. The molecule has 22 heavy (non-hydrogen) atoms. The molecule has 112 valence electrons. The van der Waals surface area contributed by atoms with Crippen LogP contribution in [0.4, 0.5) is 10.7 Å². The second kappa shape index (κ2) is 6.75. The molecule has 0 bridgehead atoms. The van der Waals surface area contributed by atoms with Gasteiger partial charge in [-0.05, 0) is 55.9 Å². The molecule has 0 fully saturated rings. The first-order valence-corrected chi connectivity index (χ1v) is 7.76. The van der Waals surface area contributed by atoms with E-state index >= 15 is 0 Å². The van der Waals surface area contributed by atoms with Crippen LogP contribution < -0.4 is 5.32 Å². The van der Waals surface area contributed by atoms with E-state index in [1.165, 1.54) is 18.3 Å². The number of isothiocyanates is 1. The van der Waals surface area contributed by atoms with Gasteiger partial charge in [-0.25, -0.2) is 0 Å². The lowest BCUT2D eigenvalue weighted by molar-refractivity contribution is -0.114. The molecule has 0 aliphatic carbocycles. The van der Waals surface area contributed by atoms with Gasteiger partial charge in [0.05, 0.1) is 10.7 Å². The first kappa shape index (κ1) is 16.2. The van der Waals surface area contributed by atoms with Crippen molar-refractivity contribution in [1.29, 1.82) is 0 Å². The van der Waals surface area contributed by atoms with Crippen LogP contribution in [0.5, 0.6) is 0 Å². The Kier molecular flexibility index (Phi) is 4.98. The van der Waals surface area contributed by atoms with E-state index in [1.807, 2.05) is 13.8 Å². The molecule has 0 radical (unpaired) electrons. The van der Waals surface area contributed by atoms with Crippen molar-refractivity contribution in [3.05, 3.63) is 45.8 Å². The molecule has 0 saturated carbocycles. The van der Waals surface area contributed by atoms with Crippen molar-refractivity contribution >= 4 is 51.1 Å². The van der Waals surface area contributed by atoms with Gasteiger partial charge in [-0.1, -0.05) is 0 Å². The number of nitrogens with zero attached hydrogens (tertiary/aromatic N) is 1. The molecule has 4 nitrogen and oxygen atoms in total. The molecule has 0 atom stereocenters. The minimum absolute atomic E-state index is 0.111. The van der Waals surface area contributed by atoms with Crippen LogP contribution in [0.15, 0.2) is 29.3 Å². The molecule has 1 N–H and O–H groups in total. The highest BCUT2D eigenvalue weighted by molar-refractivity contribution is 7.78. The molecular formula is C16H14N2O2S2. The summed E-state index contributed by atoms with van der Waals surface area (Å²) in [6.45, 7) is 5.28.